The summed E-state index contributed by atoms with van der Waals surface area (Å²) in [5.74, 6) is -2.75. The molecule has 0 aliphatic carbocycles. The van der Waals surface area contributed by atoms with Crippen molar-refractivity contribution in [2.45, 2.75) is 18.1 Å². The van der Waals surface area contributed by atoms with Crippen molar-refractivity contribution in [2.75, 3.05) is 6.26 Å². The Kier molecular flexibility index (Phi) is 5.55. The van der Waals surface area contributed by atoms with Crippen LogP contribution in [0.5, 0.6) is 0 Å². The summed E-state index contributed by atoms with van der Waals surface area (Å²) in [4.78, 5) is 17.0. The Bertz CT molecular complexity index is 973. The number of aromatic nitrogens is 2. The molecule has 1 N–H and O–H groups in total. The van der Waals surface area contributed by atoms with Gasteiger partial charge in [-0.3, -0.25) is 9.36 Å². The van der Waals surface area contributed by atoms with Crippen LogP contribution in [0.4, 0.5) is 13.2 Å². The number of hydrogen-bond acceptors (Lipinski definition) is 3. The van der Waals surface area contributed by atoms with E-state index < -0.39 is 23.6 Å². The summed E-state index contributed by atoms with van der Waals surface area (Å²) in [5.41, 5.74) is 1.27. The van der Waals surface area contributed by atoms with E-state index in [2.05, 4.69) is 10.3 Å². The zero-order valence-corrected chi connectivity index (χ0v) is 15.4. The summed E-state index contributed by atoms with van der Waals surface area (Å²) in [5, 5.41) is 3.31. The fourth-order valence-corrected chi connectivity index (χ4v) is 3.16. The molecule has 0 spiro atoms. The minimum Gasteiger partial charge on any atom is -0.344 e. The van der Waals surface area contributed by atoms with Gasteiger partial charge in [-0.1, -0.05) is 17.8 Å². The molecular formula is C19H16F3N3OS. The molecule has 140 valence electrons. The van der Waals surface area contributed by atoms with Crippen molar-refractivity contribution < 1.29 is 18.0 Å². The van der Waals surface area contributed by atoms with Crippen LogP contribution < -0.4 is 5.32 Å². The number of carbonyl (C=O) groups excluding carboxylic acids is 1. The van der Waals surface area contributed by atoms with Crippen LogP contribution in [-0.2, 0) is 0 Å². The Morgan fingerprint density at radius 2 is 1.81 bits per heavy atom. The topological polar surface area (TPSA) is 46.9 Å². The summed E-state index contributed by atoms with van der Waals surface area (Å²) in [6, 6.07) is 8.61. The van der Waals surface area contributed by atoms with Crippen molar-refractivity contribution in [3.8, 4) is 5.69 Å². The Morgan fingerprint density at radius 3 is 2.44 bits per heavy atom. The second-order valence-corrected chi connectivity index (χ2v) is 6.58. The summed E-state index contributed by atoms with van der Waals surface area (Å²) < 4.78 is 41.4. The highest BCUT2D eigenvalue weighted by atomic mass is 32.2. The van der Waals surface area contributed by atoms with E-state index in [-0.39, 0.29) is 11.5 Å². The van der Waals surface area contributed by atoms with Crippen molar-refractivity contribution in [3.05, 3.63) is 77.4 Å². The second kappa shape index (κ2) is 7.87. The molecule has 0 unspecified atom stereocenters. The van der Waals surface area contributed by atoms with Crippen molar-refractivity contribution in [1.82, 2.24) is 14.9 Å². The standard InChI is InChI=1S/C19H16F3N3OS/c1-11(12-3-8-15(21)16(22)9-12)24-18(26)17-10-23-19(27-2)25(17)14-6-4-13(20)5-7-14/h3-11H,1-2H3,(H,24,26)/t11-/m0/s1. The molecule has 2 aromatic carbocycles. The summed E-state index contributed by atoms with van der Waals surface area (Å²) in [6.45, 7) is 1.67. The molecule has 3 aromatic rings. The fourth-order valence-electron chi connectivity index (χ4n) is 2.61. The third kappa shape index (κ3) is 4.00. The van der Waals surface area contributed by atoms with Gasteiger partial charge in [-0.05, 0) is 55.1 Å². The van der Waals surface area contributed by atoms with Crippen LogP contribution >= 0.6 is 11.8 Å². The van der Waals surface area contributed by atoms with Gasteiger partial charge in [0.2, 0.25) is 0 Å². The van der Waals surface area contributed by atoms with E-state index >= 15 is 0 Å². The average Bonchev–Trinajstić information content (AvgIpc) is 3.08. The number of nitrogens with one attached hydrogen (secondary N) is 1. The lowest BCUT2D eigenvalue weighted by molar-refractivity contribution is 0.0932. The van der Waals surface area contributed by atoms with Gasteiger partial charge in [-0.2, -0.15) is 0 Å². The SMILES string of the molecule is CSc1ncc(C(=O)N[C@@H](C)c2ccc(F)c(F)c2)n1-c1ccc(F)cc1. The van der Waals surface area contributed by atoms with E-state index in [1.165, 1.54) is 36.2 Å². The maximum Gasteiger partial charge on any atom is 0.270 e. The lowest BCUT2D eigenvalue weighted by atomic mass is 10.1. The van der Waals surface area contributed by atoms with E-state index in [4.69, 9.17) is 0 Å². The molecule has 0 saturated carbocycles. The van der Waals surface area contributed by atoms with E-state index in [1.807, 2.05) is 6.26 Å². The highest BCUT2D eigenvalue weighted by molar-refractivity contribution is 7.98. The summed E-state index contributed by atoms with van der Waals surface area (Å²) >= 11 is 1.34. The molecule has 4 nitrogen and oxygen atoms in total. The van der Waals surface area contributed by atoms with Crippen molar-refractivity contribution >= 4 is 17.7 Å². The monoisotopic (exact) mass is 391 g/mol. The van der Waals surface area contributed by atoms with Gasteiger partial charge in [0.1, 0.15) is 11.5 Å². The second-order valence-electron chi connectivity index (χ2n) is 5.81. The maximum absolute atomic E-state index is 13.4. The van der Waals surface area contributed by atoms with Crippen LogP contribution in [0.3, 0.4) is 0 Å². The molecule has 27 heavy (non-hydrogen) atoms. The predicted molar refractivity (Wildman–Crippen MR) is 97.5 cm³/mol. The number of imidazole rings is 1. The quantitative estimate of drug-likeness (QED) is 0.652. The highest BCUT2D eigenvalue weighted by Gasteiger charge is 2.20. The van der Waals surface area contributed by atoms with Crippen molar-refractivity contribution in [3.63, 3.8) is 0 Å². The minimum absolute atomic E-state index is 0.250. The average molecular weight is 391 g/mol. The normalized spacial score (nSPS) is 12.0. The maximum atomic E-state index is 13.4. The molecule has 3 rings (SSSR count). The van der Waals surface area contributed by atoms with Gasteiger partial charge in [0.25, 0.3) is 5.91 Å². The molecule has 0 aliphatic rings. The number of halogens is 3. The first-order valence-corrected chi connectivity index (χ1v) is 9.26. The van der Waals surface area contributed by atoms with E-state index in [0.717, 1.165) is 12.1 Å². The lowest BCUT2D eigenvalue weighted by Gasteiger charge is -2.16. The largest absolute Gasteiger partial charge is 0.344 e. The van der Waals surface area contributed by atoms with Gasteiger partial charge in [0.05, 0.1) is 12.2 Å². The third-order valence-electron chi connectivity index (χ3n) is 4.02. The van der Waals surface area contributed by atoms with Crippen LogP contribution in [0.15, 0.2) is 53.8 Å². The Hall–Kier alpha value is -2.74. The zero-order valence-electron chi connectivity index (χ0n) is 14.5. The molecule has 0 aliphatic heterocycles. The Labute approximate surface area is 158 Å². The number of carbonyl (C=O) groups is 1. The predicted octanol–water partition coefficient (Wildman–Crippen LogP) is 4.50. The van der Waals surface area contributed by atoms with Gasteiger partial charge < -0.3 is 5.32 Å². The molecule has 8 heteroatoms. The molecule has 0 radical (unpaired) electrons. The Balaban J connectivity index is 1.89. The number of rotatable bonds is 5. The number of nitrogens with zero attached hydrogens (tertiary/aromatic N) is 2. The molecule has 1 atom stereocenters. The van der Waals surface area contributed by atoms with Gasteiger partial charge in [-0.15, -0.1) is 0 Å². The molecule has 1 amide bonds. The molecule has 0 bridgehead atoms. The highest BCUT2D eigenvalue weighted by Crippen LogP contribution is 2.23. The van der Waals surface area contributed by atoms with Crippen LogP contribution in [0.25, 0.3) is 5.69 Å². The van der Waals surface area contributed by atoms with Gasteiger partial charge >= 0.3 is 0 Å². The van der Waals surface area contributed by atoms with Crippen LogP contribution in [0.2, 0.25) is 0 Å². The van der Waals surface area contributed by atoms with Crippen LogP contribution in [0.1, 0.15) is 29.0 Å². The summed E-state index contributed by atoms with van der Waals surface area (Å²) in [7, 11) is 0. The number of hydrogen-bond donors (Lipinski definition) is 1. The van der Waals surface area contributed by atoms with Gasteiger partial charge in [0, 0.05) is 5.69 Å². The lowest BCUT2D eigenvalue weighted by Crippen LogP contribution is -2.28. The fraction of sp³-hybridized carbons (Fsp3) is 0.158. The first kappa shape index (κ1) is 19.0. The van der Waals surface area contributed by atoms with E-state index in [9.17, 15) is 18.0 Å². The third-order valence-corrected chi connectivity index (χ3v) is 4.67. The Morgan fingerprint density at radius 1 is 1.11 bits per heavy atom. The zero-order chi connectivity index (χ0) is 19.6. The molecule has 0 fully saturated rings. The number of thioether (sulfide) groups is 1. The summed E-state index contributed by atoms with van der Waals surface area (Å²) in [6.07, 6.45) is 3.23. The minimum atomic E-state index is -0.977. The molecular weight excluding hydrogens is 375 g/mol. The molecule has 1 heterocycles. The van der Waals surface area contributed by atoms with Crippen LogP contribution in [-0.4, -0.2) is 21.7 Å². The smallest absolute Gasteiger partial charge is 0.270 e. The van der Waals surface area contributed by atoms with Gasteiger partial charge in [0.15, 0.2) is 16.8 Å². The molecule has 1 aromatic heterocycles. The number of amides is 1. The van der Waals surface area contributed by atoms with Crippen molar-refractivity contribution in [2.24, 2.45) is 0 Å². The number of benzene rings is 2. The van der Waals surface area contributed by atoms with Gasteiger partial charge in [-0.25, -0.2) is 18.2 Å². The first-order chi connectivity index (χ1) is 12.9. The van der Waals surface area contributed by atoms with Crippen molar-refractivity contribution in [1.29, 1.82) is 0 Å². The molecule has 0 saturated heterocycles. The van der Waals surface area contributed by atoms with E-state index in [1.54, 1.807) is 23.6 Å². The first-order valence-electron chi connectivity index (χ1n) is 8.04. The van der Waals surface area contributed by atoms with Crippen LogP contribution in [0, 0.1) is 17.5 Å². The van der Waals surface area contributed by atoms with E-state index in [0.29, 0.717) is 16.4 Å².